The van der Waals surface area contributed by atoms with Gasteiger partial charge in [-0.05, 0) is 25.7 Å². The molecule has 0 unspecified atom stereocenters. The summed E-state index contributed by atoms with van der Waals surface area (Å²) in [6.07, 6.45) is 0. The normalized spacial score (nSPS) is 10.5. The van der Waals surface area contributed by atoms with Crippen molar-refractivity contribution in [3.63, 3.8) is 0 Å². The highest BCUT2D eigenvalue weighted by molar-refractivity contribution is 5.58. The van der Waals surface area contributed by atoms with Gasteiger partial charge in [-0.25, -0.2) is 0 Å². The van der Waals surface area contributed by atoms with Crippen molar-refractivity contribution in [1.82, 2.24) is 4.90 Å². The summed E-state index contributed by atoms with van der Waals surface area (Å²) < 4.78 is 5.12. The van der Waals surface area contributed by atoms with Crippen LogP contribution in [0.15, 0.2) is 18.2 Å². The topological polar surface area (TPSA) is 38.5 Å². The Balaban J connectivity index is 2.94. The lowest BCUT2D eigenvalue weighted by molar-refractivity contribution is 0.397. The summed E-state index contributed by atoms with van der Waals surface area (Å²) in [5, 5.41) is 0. The zero-order chi connectivity index (χ0) is 9.84. The largest absolute Gasteiger partial charge is 0.495 e. The second-order valence-electron chi connectivity index (χ2n) is 3.27. The smallest absolute Gasteiger partial charge is 0.142 e. The third-order valence-corrected chi connectivity index (χ3v) is 1.86. The van der Waals surface area contributed by atoms with Gasteiger partial charge < -0.3 is 15.4 Å². The van der Waals surface area contributed by atoms with E-state index < -0.39 is 0 Å². The molecule has 13 heavy (non-hydrogen) atoms. The summed E-state index contributed by atoms with van der Waals surface area (Å²) in [4.78, 5) is 2.07. The summed E-state index contributed by atoms with van der Waals surface area (Å²) in [5.74, 6) is 0.749. The van der Waals surface area contributed by atoms with E-state index in [0.29, 0.717) is 0 Å². The van der Waals surface area contributed by atoms with Gasteiger partial charge in [-0.2, -0.15) is 0 Å². The average Bonchev–Trinajstić information content (AvgIpc) is 2.08. The third kappa shape index (κ3) is 2.36. The molecule has 1 rings (SSSR count). The molecule has 0 saturated heterocycles. The highest BCUT2D eigenvalue weighted by Crippen LogP contribution is 2.25. The molecule has 0 bridgehead atoms. The van der Waals surface area contributed by atoms with Crippen LogP contribution in [0.1, 0.15) is 5.56 Å². The molecule has 0 saturated carbocycles. The summed E-state index contributed by atoms with van der Waals surface area (Å²) in [6, 6.07) is 5.83. The first-order valence-electron chi connectivity index (χ1n) is 4.21. The Morgan fingerprint density at radius 1 is 1.38 bits per heavy atom. The maximum absolute atomic E-state index is 5.89. The van der Waals surface area contributed by atoms with Crippen molar-refractivity contribution in [1.29, 1.82) is 0 Å². The van der Waals surface area contributed by atoms with E-state index in [4.69, 9.17) is 10.5 Å². The third-order valence-electron chi connectivity index (χ3n) is 1.86. The van der Waals surface area contributed by atoms with Crippen LogP contribution in [0, 0.1) is 0 Å². The summed E-state index contributed by atoms with van der Waals surface area (Å²) >= 11 is 0. The average molecular weight is 180 g/mol. The van der Waals surface area contributed by atoms with Gasteiger partial charge in [0.15, 0.2) is 0 Å². The van der Waals surface area contributed by atoms with Gasteiger partial charge in [0.2, 0.25) is 0 Å². The minimum absolute atomic E-state index is 0.735. The van der Waals surface area contributed by atoms with Gasteiger partial charge in [0.1, 0.15) is 5.75 Å². The second-order valence-corrected chi connectivity index (χ2v) is 3.27. The fourth-order valence-corrected chi connectivity index (χ4v) is 1.25. The van der Waals surface area contributed by atoms with E-state index in [0.717, 1.165) is 23.5 Å². The van der Waals surface area contributed by atoms with E-state index >= 15 is 0 Å². The minimum atomic E-state index is 0.735. The maximum Gasteiger partial charge on any atom is 0.142 e. The summed E-state index contributed by atoms with van der Waals surface area (Å²) in [7, 11) is 5.66. The van der Waals surface area contributed by atoms with Crippen molar-refractivity contribution in [3.05, 3.63) is 23.8 Å². The van der Waals surface area contributed by atoms with Gasteiger partial charge in [-0.15, -0.1) is 0 Å². The predicted octanol–water partition coefficient (Wildman–Crippen LogP) is 1.34. The van der Waals surface area contributed by atoms with Crippen molar-refractivity contribution in [2.75, 3.05) is 26.9 Å². The molecular formula is C10H16N2O. The Morgan fingerprint density at radius 3 is 2.62 bits per heavy atom. The monoisotopic (exact) mass is 180 g/mol. The Morgan fingerprint density at radius 2 is 2.08 bits per heavy atom. The fourth-order valence-electron chi connectivity index (χ4n) is 1.25. The summed E-state index contributed by atoms with van der Waals surface area (Å²) in [6.45, 7) is 0.836. The molecule has 1 aromatic rings. The Labute approximate surface area is 79.1 Å². The lowest BCUT2D eigenvalue weighted by Gasteiger charge is -2.13. The molecule has 72 valence electrons. The number of nitrogen functional groups attached to an aromatic ring is 1. The molecule has 1 aromatic carbocycles. The van der Waals surface area contributed by atoms with Gasteiger partial charge in [0.05, 0.1) is 12.8 Å². The molecule has 0 aliphatic heterocycles. The number of anilines is 1. The highest BCUT2D eigenvalue weighted by Gasteiger charge is 2.04. The molecule has 0 fully saturated rings. The number of benzene rings is 1. The lowest BCUT2D eigenvalue weighted by atomic mass is 10.1. The number of hydrogen-bond acceptors (Lipinski definition) is 3. The van der Waals surface area contributed by atoms with E-state index in [1.807, 2.05) is 32.3 Å². The van der Waals surface area contributed by atoms with Crippen molar-refractivity contribution in [3.8, 4) is 5.75 Å². The first kappa shape index (κ1) is 9.86. The van der Waals surface area contributed by atoms with Gasteiger partial charge >= 0.3 is 0 Å². The molecule has 2 N–H and O–H groups in total. The van der Waals surface area contributed by atoms with Crippen molar-refractivity contribution in [2.24, 2.45) is 0 Å². The van der Waals surface area contributed by atoms with Crippen LogP contribution in [0.4, 0.5) is 5.69 Å². The zero-order valence-electron chi connectivity index (χ0n) is 8.37. The van der Waals surface area contributed by atoms with E-state index in [1.54, 1.807) is 7.11 Å². The number of para-hydroxylation sites is 1. The van der Waals surface area contributed by atoms with Crippen LogP contribution in [-0.4, -0.2) is 26.1 Å². The molecule has 0 amide bonds. The number of rotatable bonds is 3. The first-order chi connectivity index (χ1) is 6.15. The van der Waals surface area contributed by atoms with Gasteiger partial charge in [-0.1, -0.05) is 12.1 Å². The Kier molecular flexibility index (Phi) is 3.14. The number of nitrogens with two attached hydrogens (primary N) is 1. The van der Waals surface area contributed by atoms with Crippen LogP contribution in [0.25, 0.3) is 0 Å². The fraction of sp³-hybridized carbons (Fsp3) is 0.400. The zero-order valence-corrected chi connectivity index (χ0v) is 8.37. The molecule has 0 heterocycles. The van der Waals surface area contributed by atoms with Crippen LogP contribution in [-0.2, 0) is 6.54 Å². The van der Waals surface area contributed by atoms with Crippen molar-refractivity contribution in [2.45, 2.75) is 6.54 Å². The van der Waals surface area contributed by atoms with E-state index in [9.17, 15) is 0 Å². The van der Waals surface area contributed by atoms with E-state index in [2.05, 4.69) is 4.90 Å². The molecule has 0 spiro atoms. The number of ether oxygens (including phenoxy) is 1. The standard InChI is InChI=1S/C10H16N2O/c1-12(2)7-8-5-4-6-9(13-3)10(8)11/h4-6H,7,11H2,1-3H3. The lowest BCUT2D eigenvalue weighted by Crippen LogP contribution is -2.12. The van der Waals surface area contributed by atoms with Crippen molar-refractivity contribution >= 4 is 5.69 Å². The Bertz CT molecular complexity index is 284. The second kappa shape index (κ2) is 4.14. The van der Waals surface area contributed by atoms with E-state index in [-0.39, 0.29) is 0 Å². The van der Waals surface area contributed by atoms with E-state index in [1.165, 1.54) is 0 Å². The molecule has 0 aliphatic carbocycles. The van der Waals surface area contributed by atoms with Crippen LogP contribution in [0.2, 0.25) is 0 Å². The van der Waals surface area contributed by atoms with Crippen LogP contribution in [0.5, 0.6) is 5.75 Å². The number of methoxy groups -OCH3 is 1. The van der Waals surface area contributed by atoms with Gasteiger partial charge in [0.25, 0.3) is 0 Å². The van der Waals surface area contributed by atoms with Crippen molar-refractivity contribution < 1.29 is 4.74 Å². The van der Waals surface area contributed by atoms with Gasteiger partial charge in [-0.3, -0.25) is 0 Å². The van der Waals surface area contributed by atoms with Crippen LogP contribution < -0.4 is 10.5 Å². The molecule has 0 aromatic heterocycles. The number of hydrogen-bond donors (Lipinski definition) is 1. The SMILES string of the molecule is COc1cccc(CN(C)C)c1N. The first-order valence-corrected chi connectivity index (χ1v) is 4.21. The maximum atomic E-state index is 5.89. The molecule has 0 atom stereocenters. The Hall–Kier alpha value is -1.22. The quantitative estimate of drug-likeness (QED) is 0.713. The molecule has 3 nitrogen and oxygen atoms in total. The number of nitrogens with zero attached hydrogens (tertiary/aromatic N) is 1. The summed E-state index contributed by atoms with van der Waals surface area (Å²) in [5.41, 5.74) is 7.73. The molecule has 0 aliphatic rings. The van der Waals surface area contributed by atoms with Crippen LogP contribution in [0.3, 0.4) is 0 Å². The van der Waals surface area contributed by atoms with Crippen LogP contribution >= 0.6 is 0 Å². The molecular weight excluding hydrogens is 164 g/mol. The molecule has 0 radical (unpaired) electrons. The highest BCUT2D eigenvalue weighted by atomic mass is 16.5. The van der Waals surface area contributed by atoms with Gasteiger partial charge in [0, 0.05) is 6.54 Å². The predicted molar refractivity (Wildman–Crippen MR) is 54.8 cm³/mol. The molecule has 3 heteroatoms. The minimum Gasteiger partial charge on any atom is -0.495 e.